The third kappa shape index (κ3) is 7.69. The van der Waals surface area contributed by atoms with Gasteiger partial charge in [0.25, 0.3) is 5.91 Å². The molecular formula is C24H36Cl2N4O. The van der Waals surface area contributed by atoms with E-state index >= 15 is 0 Å². The summed E-state index contributed by atoms with van der Waals surface area (Å²) in [5.41, 5.74) is 8.92. The van der Waals surface area contributed by atoms with Gasteiger partial charge in [-0.3, -0.25) is 9.69 Å². The average molecular weight is 467 g/mol. The number of piperazine rings is 1. The lowest BCUT2D eigenvalue weighted by Gasteiger charge is -2.38. The number of carbonyl (C=O) groups is 1. The molecule has 1 amide bonds. The highest BCUT2D eigenvalue weighted by Gasteiger charge is 2.20. The second-order valence-electron chi connectivity index (χ2n) is 7.98. The molecule has 1 heterocycles. The number of carbonyl (C=O) groups excluding carboxylic acids is 1. The molecule has 7 heteroatoms. The van der Waals surface area contributed by atoms with Gasteiger partial charge in [0.1, 0.15) is 0 Å². The summed E-state index contributed by atoms with van der Waals surface area (Å²) in [5.74, 6) is 0.0579. The Morgan fingerprint density at radius 1 is 0.935 bits per heavy atom. The van der Waals surface area contributed by atoms with E-state index in [1.54, 1.807) is 0 Å². The van der Waals surface area contributed by atoms with Crippen molar-refractivity contribution in [2.24, 2.45) is 5.73 Å². The molecule has 5 nitrogen and oxygen atoms in total. The Kier molecular flexibility index (Phi) is 11.9. The molecule has 31 heavy (non-hydrogen) atoms. The summed E-state index contributed by atoms with van der Waals surface area (Å²) >= 11 is 0. The van der Waals surface area contributed by atoms with Crippen molar-refractivity contribution in [1.29, 1.82) is 0 Å². The Balaban J connectivity index is 0.00000240. The van der Waals surface area contributed by atoms with Crippen LogP contribution >= 0.6 is 24.8 Å². The van der Waals surface area contributed by atoms with E-state index in [2.05, 4.69) is 47.9 Å². The number of amides is 1. The Bertz CT molecular complexity index is 763. The molecule has 0 spiro atoms. The first-order valence-electron chi connectivity index (χ1n) is 10.7. The lowest BCUT2D eigenvalue weighted by Crippen LogP contribution is -2.48. The first-order chi connectivity index (χ1) is 14.1. The van der Waals surface area contributed by atoms with Gasteiger partial charge in [-0.25, -0.2) is 0 Å². The van der Waals surface area contributed by atoms with Crippen molar-refractivity contribution in [3.63, 3.8) is 0 Å². The molecule has 1 fully saturated rings. The van der Waals surface area contributed by atoms with Crippen LogP contribution in [0.25, 0.3) is 0 Å². The summed E-state index contributed by atoms with van der Waals surface area (Å²) in [6.45, 7) is 10.5. The standard InChI is InChI=1S/C24H34N4O.2ClH/c1-20(2)26-16-18-27(19-17-26)23-10-8-22(9-11-23)24(29)28(15-13-25)14-12-21-6-4-3-5-7-21;;/h3-11,20H,12-19,25H2,1-2H3;2*1H. The van der Waals surface area contributed by atoms with Gasteiger partial charge in [-0.2, -0.15) is 0 Å². The second kappa shape index (κ2) is 13.6. The molecular weight excluding hydrogens is 431 g/mol. The molecule has 0 atom stereocenters. The fourth-order valence-corrected chi connectivity index (χ4v) is 3.87. The molecule has 2 aromatic rings. The van der Waals surface area contributed by atoms with E-state index in [4.69, 9.17) is 5.73 Å². The number of hydrogen-bond acceptors (Lipinski definition) is 4. The minimum atomic E-state index is 0. The zero-order valence-electron chi connectivity index (χ0n) is 18.6. The maximum atomic E-state index is 13.0. The summed E-state index contributed by atoms with van der Waals surface area (Å²) in [7, 11) is 0. The van der Waals surface area contributed by atoms with Gasteiger partial charge < -0.3 is 15.5 Å². The molecule has 172 valence electrons. The predicted octanol–water partition coefficient (Wildman–Crippen LogP) is 3.70. The zero-order chi connectivity index (χ0) is 20.6. The quantitative estimate of drug-likeness (QED) is 0.643. The average Bonchev–Trinajstić information content (AvgIpc) is 2.77. The Hall–Kier alpha value is -1.79. The van der Waals surface area contributed by atoms with E-state index in [-0.39, 0.29) is 30.7 Å². The van der Waals surface area contributed by atoms with E-state index in [9.17, 15) is 4.79 Å². The number of nitrogens with two attached hydrogens (primary N) is 1. The van der Waals surface area contributed by atoms with Crippen LogP contribution < -0.4 is 10.6 Å². The first-order valence-corrected chi connectivity index (χ1v) is 10.7. The summed E-state index contributed by atoms with van der Waals surface area (Å²) in [6.07, 6.45) is 0.838. The van der Waals surface area contributed by atoms with Crippen LogP contribution in [0.3, 0.4) is 0 Å². The SMILES string of the molecule is CC(C)N1CCN(c2ccc(C(=O)N(CCN)CCc3ccccc3)cc2)CC1.Cl.Cl. The molecule has 3 rings (SSSR count). The Morgan fingerprint density at radius 2 is 1.55 bits per heavy atom. The maximum Gasteiger partial charge on any atom is 0.253 e. The minimum Gasteiger partial charge on any atom is -0.369 e. The van der Waals surface area contributed by atoms with Gasteiger partial charge in [-0.15, -0.1) is 24.8 Å². The van der Waals surface area contributed by atoms with Crippen LogP contribution in [0.15, 0.2) is 54.6 Å². The monoisotopic (exact) mass is 466 g/mol. The van der Waals surface area contributed by atoms with Crippen LogP contribution in [-0.2, 0) is 6.42 Å². The normalized spacial score (nSPS) is 14.0. The highest BCUT2D eigenvalue weighted by Crippen LogP contribution is 2.19. The molecule has 0 bridgehead atoms. The molecule has 0 saturated carbocycles. The largest absolute Gasteiger partial charge is 0.369 e. The molecule has 0 aliphatic carbocycles. The van der Waals surface area contributed by atoms with Gasteiger partial charge in [-0.05, 0) is 50.1 Å². The van der Waals surface area contributed by atoms with Crippen LogP contribution in [0.2, 0.25) is 0 Å². The van der Waals surface area contributed by atoms with Crippen LogP contribution in [0, 0.1) is 0 Å². The summed E-state index contributed by atoms with van der Waals surface area (Å²) < 4.78 is 0. The molecule has 2 aromatic carbocycles. The number of rotatable bonds is 8. The number of anilines is 1. The number of benzene rings is 2. The molecule has 0 unspecified atom stereocenters. The maximum absolute atomic E-state index is 13.0. The summed E-state index contributed by atoms with van der Waals surface area (Å²) in [6, 6.07) is 18.9. The van der Waals surface area contributed by atoms with E-state index in [1.165, 1.54) is 11.3 Å². The lowest BCUT2D eigenvalue weighted by atomic mass is 10.1. The van der Waals surface area contributed by atoms with Gasteiger partial charge in [0.15, 0.2) is 0 Å². The van der Waals surface area contributed by atoms with Crippen LogP contribution in [0.4, 0.5) is 5.69 Å². The zero-order valence-corrected chi connectivity index (χ0v) is 20.2. The minimum absolute atomic E-state index is 0. The van der Waals surface area contributed by atoms with Gasteiger partial charge in [0.2, 0.25) is 0 Å². The molecule has 1 aliphatic rings. The fourth-order valence-electron chi connectivity index (χ4n) is 3.87. The van der Waals surface area contributed by atoms with Gasteiger partial charge >= 0.3 is 0 Å². The highest BCUT2D eigenvalue weighted by atomic mass is 35.5. The van der Waals surface area contributed by atoms with Crippen molar-refractivity contribution >= 4 is 36.4 Å². The second-order valence-corrected chi connectivity index (χ2v) is 7.98. The van der Waals surface area contributed by atoms with Gasteiger partial charge in [-0.1, -0.05) is 30.3 Å². The van der Waals surface area contributed by atoms with Crippen molar-refractivity contribution in [2.75, 3.05) is 50.7 Å². The molecule has 0 aromatic heterocycles. The Morgan fingerprint density at radius 3 is 2.10 bits per heavy atom. The van der Waals surface area contributed by atoms with Gasteiger partial charge in [0, 0.05) is 63.1 Å². The predicted molar refractivity (Wildman–Crippen MR) is 135 cm³/mol. The third-order valence-electron chi connectivity index (χ3n) is 5.72. The van der Waals surface area contributed by atoms with Crippen molar-refractivity contribution in [3.8, 4) is 0 Å². The summed E-state index contributed by atoms with van der Waals surface area (Å²) in [5, 5.41) is 0. The molecule has 2 N–H and O–H groups in total. The fraction of sp³-hybridized carbons (Fsp3) is 0.458. The van der Waals surface area contributed by atoms with Crippen LogP contribution in [0.5, 0.6) is 0 Å². The first kappa shape index (κ1) is 27.2. The third-order valence-corrected chi connectivity index (χ3v) is 5.72. The smallest absolute Gasteiger partial charge is 0.253 e. The molecule has 0 radical (unpaired) electrons. The molecule has 1 saturated heterocycles. The van der Waals surface area contributed by atoms with E-state index in [0.29, 0.717) is 25.7 Å². The van der Waals surface area contributed by atoms with Crippen molar-refractivity contribution in [2.45, 2.75) is 26.3 Å². The number of hydrogen-bond donors (Lipinski definition) is 1. The van der Waals surface area contributed by atoms with Crippen molar-refractivity contribution < 1.29 is 4.79 Å². The summed E-state index contributed by atoms with van der Waals surface area (Å²) in [4.78, 5) is 19.8. The topological polar surface area (TPSA) is 52.8 Å². The van der Waals surface area contributed by atoms with Gasteiger partial charge in [0.05, 0.1) is 0 Å². The van der Waals surface area contributed by atoms with E-state index in [1.807, 2.05) is 35.2 Å². The van der Waals surface area contributed by atoms with Crippen LogP contribution in [-0.4, -0.2) is 67.6 Å². The lowest BCUT2D eigenvalue weighted by molar-refractivity contribution is 0.0762. The number of halogens is 2. The van der Waals surface area contributed by atoms with E-state index < -0.39 is 0 Å². The van der Waals surface area contributed by atoms with E-state index in [0.717, 1.165) is 38.2 Å². The van der Waals surface area contributed by atoms with Crippen molar-refractivity contribution in [1.82, 2.24) is 9.80 Å². The van der Waals surface area contributed by atoms with Crippen molar-refractivity contribution in [3.05, 3.63) is 65.7 Å². The highest BCUT2D eigenvalue weighted by molar-refractivity contribution is 5.94. The van der Waals surface area contributed by atoms with Crippen LogP contribution in [0.1, 0.15) is 29.8 Å². The molecule has 1 aliphatic heterocycles. The Labute approximate surface area is 199 Å². The number of nitrogens with zero attached hydrogens (tertiary/aromatic N) is 3.